The van der Waals surface area contributed by atoms with Crippen LogP contribution in [-0.2, 0) is 6.32 Å². The maximum absolute atomic E-state index is 12.1. The van der Waals surface area contributed by atoms with Crippen molar-refractivity contribution < 1.29 is 12.9 Å². The summed E-state index contributed by atoms with van der Waals surface area (Å²) in [6, 6.07) is 3.70. The lowest BCUT2D eigenvalue weighted by Gasteiger charge is -2.14. The van der Waals surface area contributed by atoms with Crippen molar-refractivity contribution in [3.8, 4) is 0 Å². The van der Waals surface area contributed by atoms with E-state index in [1.54, 1.807) is 0 Å². The highest BCUT2D eigenvalue weighted by Crippen LogP contribution is 2.23. The van der Waals surface area contributed by atoms with Gasteiger partial charge >= 0.3 is 6.98 Å². The summed E-state index contributed by atoms with van der Waals surface area (Å²) >= 11 is 0. The second kappa shape index (κ2) is 4.14. The standard InChI is InChI=1S/C7H7BF3N4/c9-8(10,11)4-5-1-6(12)3-7(2-5)14-15-13/h1-3H,4,12H2/q-1. The first-order valence-corrected chi connectivity index (χ1v) is 4.06. The van der Waals surface area contributed by atoms with Crippen molar-refractivity contribution in [1.82, 2.24) is 0 Å². The number of nitrogen functional groups attached to an aromatic ring is 1. The molecule has 1 aromatic carbocycles. The Kier molecular flexibility index (Phi) is 3.11. The zero-order valence-electron chi connectivity index (χ0n) is 7.57. The fourth-order valence-electron chi connectivity index (χ4n) is 1.19. The monoisotopic (exact) mass is 215 g/mol. The molecule has 0 spiro atoms. The molecule has 0 aliphatic heterocycles. The minimum Gasteiger partial charge on any atom is -0.449 e. The Balaban J connectivity index is 3.04. The van der Waals surface area contributed by atoms with Crippen molar-refractivity contribution in [2.75, 3.05) is 5.73 Å². The van der Waals surface area contributed by atoms with Gasteiger partial charge in [-0.05, 0) is 17.7 Å². The molecule has 1 rings (SSSR count). The fourth-order valence-corrected chi connectivity index (χ4v) is 1.19. The molecule has 8 heteroatoms. The number of hydrogen-bond donors (Lipinski definition) is 1. The molecule has 0 unspecified atom stereocenters. The lowest BCUT2D eigenvalue weighted by molar-refractivity contribution is 0.468. The number of rotatable bonds is 3. The average molecular weight is 215 g/mol. The van der Waals surface area contributed by atoms with Gasteiger partial charge in [0.25, 0.3) is 0 Å². The van der Waals surface area contributed by atoms with E-state index in [1.165, 1.54) is 18.2 Å². The summed E-state index contributed by atoms with van der Waals surface area (Å²) in [5.74, 6) is 0. The molecule has 80 valence electrons. The highest BCUT2D eigenvalue weighted by Gasteiger charge is 2.23. The highest BCUT2D eigenvalue weighted by molar-refractivity contribution is 6.57. The number of benzene rings is 1. The van der Waals surface area contributed by atoms with Crippen LogP contribution in [0.3, 0.4) is 0 Å². The second-order valence-electron chi connectivity index (χ2n) is 3.04. The summed E-state index contributed by atoms with van der Waals surface area (Å²) in [7, 11) is 0. The Hall–Kier alpha value is -1.82. The van der Waals surface area contributed by atoms with Gasteiger partial charge in [-0.3, -0.25) is 0 Å². The molecule has 0 fully saturated rings. The molecule has 2 N–H and O–H groups in total. The molecule has 0 heterocycles. The van der Waals surface area contributed by atoms with Crippen LogP contribution in [0.1, 0.15) is 5.56 Å². The summed E-state index contributed by atoms with van der Waals surface area (Å²) in [4.78, 5) is 2.48. The Morgan fingerprint density at radius 1 is 1.33 bits per heavy atom. The normalized spacial score (nSPS) is 10.9. The fraction of sp³-hybridized carbons (Fsp3) is 0.143. The number of halogens is 3. The van der Waals surface area contributed by atoms with Crippen molar-refractivity contribution in [2.24, 2.45) is 5.11 Å². The number of azide groups is 1. The zero-order valence-corrected chi connectivity index (χ0v) is 7.57. The minimum absolute atomic E-state index is 0.00454. The summed E-state index contributed by atoms with van der Waals surface area (Å²) in [6.07, 6.45) is -1.03. The van der Waals surface area contributed by atoms with E-state index in [2.05, 4.69) is 10.0 Å². The van der Waals surface area contributed by atoms with Gasteiger partial charge in [-0.1, -0.05) is 23.1 Å². The SMILES string of the molecule is [N-]=[N+]=Nc1cc(N)cc(C[B-](F)(F)F)c1. The Bertz CT molecular complexity index is 411. The minimum atomic E-state index is -4.91. The zero-order chi connectivity index (χ0) is 11.5. The molecule has 0 saturated carbocycles. The number of hydrogen-bond acceptors (Lipinski definition) is 2. The van der Waals surface area contributed by atoms with Crippen LogP contribution in [0.2, 0.25) is 0 Å². The number of nitrogens with zero attached hydrogens (tertiary/aromatic N) is 3. The van der Waals surface area contributed by atoms with Gasteiger partial charge in [0.2, 0.25) is 0 Å². The van der Waals surface area contributed by atoms with Crippen LogP contribution in [0.5, 0.6) is 0 Å². The molecule has 0 bridgehead atoms. The third-order valence-corrected chi connectivity index (χ3v) is 1.63. The molecule has 0 atom stereocenters. The first-order chi connectivity index (χ1) is 6.90. The largest absolute Gasteiger partial charge is 0.482 e. The molecule has 0 aliphatic rings. The van der Waals surface area contributed by atoms with Crippen molar-refractivity contribution >= 4 is 18.4 Å². The van der Waals surface area contributed by atoms with Crippen LogP contribution in [0, 0.1) is 0 Å². The first kappa shape index (κ1) is 11.3. The maximum Gasteiger partial charge on any atom is 0.482 e. The molecule has 0 aliphatic carbocycles. The molecule has 0 radical (unpaired) electrons. The van der Waals surface area contributed by atoms with Crippen molar-refractivity contribution in [3.05, 3.63) is 34.2 Å². The van der Waals surface area contributed by atoms with Gasteiger partial charge in [0, 0.05) is 16.3 Å². The Labute approximate surface area is 83.6 Å². The van der Waals surface area contributed by atoms with Crippen LogP contribution in [0.15, 0.2) is 23.3 Å². The quantitative estimate of drug-likeness (QED) is 0.271. The van der Waals surface area contributed by atoms with Crippen LogP contribution in [0.25, 0.3) is 10.4 Å². The van der Waals surface area contributed by atoms with Gasteiger partial charge in [-0.25, -0.2) is 0 Å². The van der Waals surface area contributed by atoms with E-state index >= 15 is 0 Å². The topological polar surface area (TPSA) is 74.8 Å². The van der Waals surface area contributed by atoms with Crippen molar-refractivity contribution in [2.45, 2.75) is 6.32 Å². The van der Waals surface area contributed by atoms with Crippen LogP contribution < -0.4 is 5.73 Å². The highest BCUT2D eigenvalue weighted by atomic mass is 19.4. The summed E-state index contributed by atoms with van der Waals surface area (Å²) in [6.45, 7) is -4.91. The Morgan fingerprint density at radius 2 is 2.00 bits per heavy atom. The second-order valence-corrected chi connectivity index (χ2v) is 3.04. The number of anilines is 1. The third kappa shape index (κ3) is 3.82. The smallest absolute Gasteiger partial charge is 0.449 e. The third-order valence-electron chi connectivity index (χ3n) is 1.63. The van der Waals surface area contributed by atoms with E-state index in [9.17, 15) is 12.9 Å². The van der Waals surface area contributed by atoms with Crippen molar-refractivity contribution in [3.63, 3.8) is 0 Å². The molecule has 0 aromatic heterocycles. The number of nitrogens with two attached hydrogens (primary N) is 1. The molecule has 0 saturated heterocycles. The van der Waals surface area contributed by atoms with Gasteiger partial charge in [0.1, 0.15) is 0 Å². The van der Waals surface area contributed by atoms with Crippen molar-refractivity contribution in [1.29, 1.82) is 0 Å². The molecule has 0 amide bonds. The predicted octanol–water partition coefficient (Wildman–Crippen LogP) is 3.14. The Morgan fingerprint density at radius 3 is 2.53 bits per heavy atom. The summed E-state index contributed by atoms with van der Waals surface area (Å²) in [5, 5.41) is 3.20. The van der Waals surface area contributed by atoms with Gasteiger partial charge in [0.15, 0.2) is 0 Å². The predicted molar refractivity (Wildman–Crippen MR) is 52.4 cm³/mol. The lowest BCUT2D eigenvalue weighted by Crippen LogP contribution is -2.19. The summed E-state index contributed by atoms with van der Waals surface area (Å²) in [5.41, 5.74) is 13.7. The molecule has 1 aromatic rings. The van der Waals surface area contributed by atoms with Gasteiger partial charge in [0.05, 0.1) is 0 Å². The van der Waals surface area contributed by atoms with Gasteiger partial charge in [-0.15, -0.1) is 0 Å². The molecule has 4 nitrogen and oxygen atoms in total. The van der Waals surface area contributed by atoms with E-state index < -0.39 is 13.3 Å². The van der Waals surface area contributed by atoms with Crippen LogP contribution in [0.4, 0.5) is 24.3 Å². The first-order valence-electron chi connectivity index (χ1n) is 4.06. The lowest BCUT2D eigenvalue weighted by atomic mass is 9.81. The van der Waals surface area contributed by atoms with E-state index in [0.29, 0.717) is 0 Å². The maximum atomic E-state index is 12.1. The van der Waals surface area contributed by atoms with Crippen LogP contribution >= 0.6 is 0 Å². The van der Waals surface area contributed by atoms with E-state index in [4.69, 9.17) is 11.3 Å². The molecular formula is C7H7BF3N4-. The van der Waals surface area contributed by atoms with E-state index in [0.717, 1.165) is 0 Å². The van der Waals surface area contributed by atoms with E-state index in [-0.39, 0.29) is 16.9 Å². The summed E-state index contributed by atoms with van der Waals surface area (Å²) < 4.78 is 36.3. The average Bonchev–Trinajstić information content (AvgIpc) is 1.99. The van der Waals surface area contributed by atoms with Gasteiger partial charge in [-0.2, -0.15) is 0 Å². The van der Waals surface area contributed by atoms with Gasteiger partial charge < -0.3 is 18.7 Å². The van der Waals surface area contributed by atoms with Crippen LogP contribution in [-0.4, -0.2) is 6.98 Å². The molecular weight excluding hydrogens is 208 g/mol. The van der Waals surface area contributed by atoms with E-state index in [1.807, 2.05) is 0 Å². The molecule has 15 heavy (non-hydrogen) atoms.